The van der Waals surface area contributed by atoms with E-state index in [1.165, 1.54) is 11.3 Å². The Balaban J connectivity index is 2.65. The van der Waals surface area contributed by atoms with Gasteiger partial charge >= 0.3 is 0 Å². The van der Waals surface area contributed by atoms with Gasteiger partial charge in [0.2, 0.25) is 0 Å². The fourth-order valence-corrected chi connectivity index (χ4v) is 2.56. The molecule has 13 heavy (non-hydrogen) atoms. The number of thiophene rings is 1. The molecule has 1 heterocycles. The molecule has 1 aromatic rings. The molecule has 0 saturated carbocycles. The summed E-state index contributed by atoms with van der Waals surface area (Å²) in [5.41, 5.74) is 5.28. The molecule has 0 aromatic carbocycles. The second kappa shape index (κ2) is 5.26. The molecular formula is C8H12N2OS2. The predicted octanol–water partition coefficient (Wildman–Crippen LogP) is 1.16. The lowest BCUT2D eigenvalue weighted by Gasteiger charge is -2.02. The highest BCUT2D eigenvalue weighted by Gasteiger charge is 2.10. The van der Waals surface area contributed by atoms with E-state index in [2.05, 4.69) is 5.32 Å². The van der Waals surface area contributed by atoms with Gasteiger partial charge in [0.15, 0.2) is 0 Å². The Morgan fingerprint density at radius 1 is 1.77 bits per heavy atom. The van der Waals surface area contributed by atoms with Crippen LogP contribution in [-0.2, 0) is 0 Å². The summed E-state index contributed by atoms with van der Waals surface area (Å²) in [6.07, 6.45) is 1.96. The van der Waals surface area contributed by atoms with Crippen molar-refractivity contribution < 1.29 is 4.79 Å². The van der Waals surface area contributed by atoms with Gasteiger partial charge in [-0.3, -0.25) is 4.79 Å². The summed E-state index contributed by atoms with van der Waals surface area (Å²) >= 11 is 3.04. The summed E-state index contributed by atoms with van der Waals surface area (Å²) in [5, 5.41) is 4.66. The van der Waals surface area contributed by atoms with Gasteiger partial charge in [0.1, 0.15) is 4.88 Å². The minimum atomic E-state index is -0.0233. The van der Waals surface area contributed by atoms with Crippen molar-refractivity contribution in [1.82, 2.24) is 5.32 Å². The van der Waals surface area contributed by atoms with E-state index >= 15 is 0 Å². The van der Waals surface area contributed by atoms with Gasteiger partial charge in [-0.05, 0) is 17.7 Å². The molecule has 72 valence electrons. The van der Waals surface area contributed by atoms with Gasteiger partial charge in [-0.15, -0.1) is 23.1 Å². The topological polar surface area (TPSA) is 55.1 Å². The Morgan fingerprint density at radius 3 is 3.15 bits per heavy atom. The number of nitrogens with two attached hydrogens (primary N) is 1. The van der Waals surface area contributed by atoms with Crippen LogP contribution in [0.1, 0.15) is 9.67 Å². The molecule has 1 amide bonds. The van der Waals surface area contributed by atoms with Gasteiger partial charge in [0.25, 0.3) is 5.91 Å². The lowest BCUT2D eigenvalue weighted by molar-refractivity contribution is 0.0956. The van der Waals surface area contributed by atoms with Crippen LogP contribution in [-0.4, -0.2) is 25.3 Å². The van der Waals surface area contributed by atoms with E-state index in [9.17, 15) is 4.79 Å². The molecule has 0 aliphatic carbocycles. The highest BCUT2D eigenvalue weighted by Crippen LogP contribution is 2.25. The minimum absolute atomic E-state index is 0.0233. The fraction of sp³-hybridized carbons (Fsp3) is 0.375. The van der Waals surface area contributed by atoms with Gasteiger partial charge in [-0.25, -0.2) is 0 Å². The van der Waals surface area contributed by atoms with Crippen molar-refractivity contribution in [3.63, 3.8) is 0 Å². The molecule has 0 saturated heterocycles. The first-order chi connectivity index (χ1) is 6.29. The molecule has 0 fully saturated rings. The summed E-state index contributed by atoms with van der Waals surface area (Å²) in [4.78, 5) is 13.3. The normalized spacial score (nSPS) is 10.0. The Kier molecular flexibility index (Phi) is 4.27. The SMILES string of the molecule is CSc1ccsc1C(=O)NCCN. The zero-order valence-electron chi connectivity index (χ0n) is 7.37. The molecule has 5 heteroatoms. The maximum absolute atomic E-state index is 11.5. The molecule has 3 N–H and O–H groups in total. The first-order valence-corrected chi connectivity index (χ1v) is 5.99. The number of carbonyl (C=O) groups excluding carboxylic acids is 1. The van der Waals surface area contributed by atoms with Crippen molar-refractivity contribution in [2.24, 2.45) is 5.73 Å². The van der Waals surface area contributed by atoms with Crippen molar-refractivity contribution in [1.29, 1.82) is 0 Å². The van der Waals surface area contributed by atoms with E-state index in [1.807, 2.05) is 17.7 Å². The van der Waals surface area contributed by atoms with Crippen LogP contribution >= 0.6 is 23.1 Å². The second-order valence-electron chi connectivity index (χ2n) is 2.36. The first kappa shape index (κ1) is 10.6. The molecule has 0 bridgehead atoms. The predicted molar refractivity (Wildman–Crippen MR) is 57.5 cm³/mol. The molecule has 0 aliphatic heterocycles. The van der Waals surface area contributed by atoms with E-state index in [4.69, 9.17) is 5.73 Å². The van der Waals surface area contributed by atoms with Crippen molar-refractivity contribution in [2.45, 2.75) is 4.90 Å². The van der Waals surface area contributed by atoms with Crippen LogP contribution in [0.2, 0.25) is 0 Å². The molecule has 0 spiro atoms. The first-order valence-electron chi connectivity index (χ1n) is 3.89. The molecule has 0 aliphatic rings. The van der Waals surface area contributed by atoms with Crippen LogP contribution in [0, 0.1) is 0 Å². The smallest absolute Gasteiger partial charge is 0.262 e. The number of hydrogen-bond acceptors (Lipinski definition) is 4. The van der Waals surface area contributed by atoms with Crippen molar-refractivity contribution in [3.8, 4) is 0 Å². The third-order valence-corrected chi connectivity index (χ3v) is 3.31. The molecule has 0 radical (unpaired) electrons. The van der Waals surface area contributed by atoms with Crippen molar-refractivity contribution >= 4 is 29.0 Å². The number of hydrogen-bond donors (Lipinski definition) is 2. The van der Waals surface area contributed by atoms with Gasteiger partial charge in [-0.1, -0.05) is 0 Å². The van der Waals surface area contributed by atoms with Crippen LogP contribution in [0.5, 0.6) is 0 Å². The number of amides is 1. The van der Waals surface area contributed by atoms with Gasteiger partial charge in [-0.2, -0.15) is 0 Å². The summed E-state index contributed by atoms with van der Waals surface area (Å²) in [5.74, 6) is -0.0233. The van der Waals surface area contributed by atoms with Crippen LogP contribution in [0.25, 0.3) is 0 Å². The summed E-state index contributed by atoms with van der Waals surface area (Å²) in [7, 11) is 0. The highest BCUT2D eigenvalue weighted by atomic mass is 32.2. The summed E-state index contributed by atoms with van der Waals surface area (Å²) in [6, 6.07) is 1.95. The van der Waals surface area contributed by atoms with E-state index in [1.54, 1.807) is 11.8 Å². The van der Waals surface area contributed by atoms with E-state index in [-0.39, 0.29) is 5.91 Å². The quantitative estimate of drug-likeness (QED) is 0.743. The lowest BCUT2D eigenvalue weighted by atomic mass is 10.4. The van der Waals surface area contributed by atoms with Crippen molar-refractivity contribution in [3.05, 3.63) is 16.3 Å². The Hall–Kier alpha value is -0.520. The van der Waals surface area contributed by atoms with E-state index < -0.39 is 0 Å². The third kappa shape index (κ3) is 2.72. The molecule has 1 aromatic heterocycles. The Bertz CT molecular complexity index is 285. The molecule has 1 rings (SSSR count). The van der Waals surface area contributed by atoms with Crippen LogP contribution < -0.4 is 11.1 Å². The average Bonchev–Trinajstić information content (AvgIpc) is 2.61. The number of carbonyl (C=O) groups is 1. The second-order valence-corrected chi connectivity index (χ2v) is 4.13. The monoisotopic (exact) mass is 216 g/mol. The zero-order valence-corrected chi connectivity index (χ0v) is 9.00. The number of nitrogens with one attached hydrogen (secondary N) is 1. The minimum Gasteiger partial charge on any atom is -0.350 e. The fourth-order valence-electron chi connectivity index (χ4n) is 0.890. The van der Waals surface area contributed by atoms with E-state index in [0.29, 0.717) is 13.1 Å². The van der Waals surface area contributed by atoms with Crippen LogP contribution in [0.4, 0.5) is 0 Å². The summed E-state index contributed by atoms with van der Waals surface area (Å²) < 4.78 is 0. The Morgan fingerprint density at radius 2 is 2.54 bits per heavy atom. The molecule has 3 nitrogen and oxygen atoms in total. The lowest BCUT2D eigenvalue weighted by Crippen LogP contribution is -2.28. The molecule has 0 unspecified atom stereocenters. The third-order valence-electron chi connectivity index (χ3n) is 1.49. The Labute approximate surface area is 85.7 Å². The van der Waals surface area contributed by atoms with Gasteiger partial charge < -0.3 is 11.1 Å². The van der Waals surface area contributed by atoms with E-state index in [0.717, 1.165) is 9.77 Å². The molecular weight excluding hydrogens is 204 g/mol. The standard InChI is InChI=1S/C8H12N2OS2/c1-12-6-2-5-13-7(6)8(11)10-4-3-9/h2,5H,3-4,9H2,1H3,(H,10,11). The maximum Gasteiger partial charge on any atom is 0.262 e. The van der Waals surface area contributed by atoms with Crippen LogP contribution in [0.15, 0.2) is 16.3 Å². The highest BCUT2D eigenvalue weighted by molar-refractivity contribution is 7.98. The van der Waals surface area contributed by atoms with Gasteiger partial charge in [0, 0.05) is 18.0 Å². The zero-order chi connectivity index (χ0) is 9.68. The van der Waals surface area contributed by atoms with Crippen molar-refractivity contribution in [2.75, 3.05) is 19.3 Å². The molecule has 0 atom stereocenters. The maximum atomic E-state index is 11.5. The van der Waals surface area contributed by atoms with Gasteiger partial charge in [0.05, 0.1) is 0 Å². The largest absolute Gasteiger partial charge is 0.350 e. The summed E-state index contributed by atoms with van der Waals surface area (Å²) in [6.45, 7) is 1.01. The number of rotatable bonds is 4. The average molecular weight is 216 g/mol. The van der Waals surface area contributed by atoms with Crippen LogP contribution in [0.3, 0.4) is 0 Å². The number of thioether (sulfide) groups is 1.